The third kappa shape index (κ3) is 3.74. The molecular weight excluding hydrogens is 378 g/mol. The van der Waals surface area contributed by atoms with E-state index in [1.807, 2.05) is 58.0 Å². The Morgan fingerprint density at radius 2 is 1.77 bits per heavy atom. The minimum absolute atomic E-state index is 0.174. The summed E-state index contributed by atoms with van der Waals surface area (Å²) in [7, 11) is 0. The fourth-order valence-corrected chi connectivity index (χ4v) is 3.44. The van der Waals surface area contributed by atoms with Crippen molar-refractivity contribution in [3.8, 4) is 11.3 Å². The number of benzene rings is 2. The number of carbonyl (C=O) groups is 1. The number of nitrogens with zero attached hydrogens (tertiary/aromatic N) is 4. The summed E-state index contributed by atoms with van der Waals surface area (Å²) in [6.07, 6.45) is 1.45. The number of aromatic nitrogens is 4. The number of hydrogen-bond acceptors (Lipinski definition) is 4. The SMILES string of the molecule is Cc1ccc(-c2cc3c(=O)n(CC(=O)Nc4ccc(C)c(C)c4)ncn3n2)c(C)c1. The first-order valence-corrected chi connectivity index (χ1v) is 9.72. The number of aryl methyl sites for hydroxylation is 4. The first-order valence-electron chi connectivity index (χ1n) is 9.72. The van der Waals surface area contributed by atoms with Crippen molar-refractivity contribution in [2.24, 2.45) is 0 Å². The van der Waals surface area contributed by atoms with E-state index in [-0.39, 0.29) is 18.0 Å². The highest BCUT2D eigenvalue weighted by atomic mass is 16.2. The lowest BCUT2D eigenvalue weighted by Gasteiger charge is -2.08. The summed E-state index contributed by atoms with van der Waals surface area (Å²) in [6.45, 7) is 7.87. The summed E-state index contributed by atoms with van der Waals surface area (Å²) in [5.74, 6) is -0.314. The summed E-state index contributed by atoms with van der Waals surface area (Å²) < 4.78 is 2.61. The van der Waals surface area contributed by atoms with Crippen molar-refractivity contribution >= 4 is 17.1 Å². The lowest BCUT2D eigenvalue weighted by molar-refractivity contribution is -0.117. The van der Waals surface area contributed by atoms with Crippen molar-refractivity contribution < 1.29 is 4.79 Å². The van der Waals surface area contributed by atoms with Crippen molar-refractivity contribution in [3.63, 3.8) is 0 Å². The maximum atomic E-state index is 12.9. The van der Waals surface area contributed by atoms with Crippen LogP contribution >= 0.6 is 0 Å². The summed E-state index contributed by atoms with van der Waals surface area (Å²) in [6, 6.07) is 13.5. The molecule has 2 aromatic carbocycles. The molecule has 2 heterocycles. The summed E-state index contributed by atoms with van der Waals surface area (Å²) in [5.41, 5.74) is 6.85. The van der Waals surface area contributed by atoms with Crippen LogP contribution in [-0.4, -0.2) is 25.3 Å². The molecule has 0 aliphatic rings. The highest BCUT2D eigenvalue weighted by Crippen LogP contribution is 2.23. The molecule has 0 saturated heterocycles. The zero-order valence-electron chi connectivity index (χ0n) is 17.4. The molecule has 0 saturated carbocycles. The van der Waals surface area contributed by atoms with Crippen LogP contribution in [0.5, 0.6) is 0 Å². The van der Waals surface area contributed by atoms with Gasteiger partial charge in [0.25, 0.3) is 5.56 Å². The van der Waals surface area contributed by atoms with Gasteiger partial charge in [0, 0.05) is 11.3 Å². The van der Waals surface area contributed by atoms with Gasteiger partial charge in [-0.05, 0) is 62.6 Å². The molecule has 0 aliphatic carbocycles. The lowest BCUT2D eigenvalue weighted by atomic mass is 10.0. The topological polar surface area (TPSA) is 81.3 Å². The van der Waals surface area contributed by atoms with Gasteiger partial charge < -0.3 is 5.32 Å². The number of carbonyl (C=O) groups excluding carboxylic acids is 1. The molecule has 0 atom stereocenters. The van der Waals surface area contributed by atoms with E-state index in [0.29, 0.717) is 16.9 Å². The van der Waals surface area contributed by atoms with Crippen molar-refractivity contribution in [2.45, 2.75) is 34.2 Å². The summed E-state index contributed by atoms with van der Waals surface area (Å²) >= 11 is 0. The molecule has 0 fully saturated rings. The number of nitrogens with one attached hydrogen (secondary N) is 1. The van der Waals surface area contributed by atoms with Crippen LogP contribution in [0, 0.1) is 27.7 Å². The Morgan fingerprint density at radius 1 is 0.967 bits per heavy atom. The van der Waals surface area contributed by atoms with Crippen LogP contribution in [0.2, 0.25) is 0 Å². The van der Waals surface area contributed by atoms with E-state index in [4.69, 9.17) is 0 Å². The number of anilines is 1. The van der Waals surface area contributed by atoms with Crippen LogP contribution in [0.4, 0.5) is 5.69 Å². The van der Waals surface area contributed by atoms with E-state index >= 15 is 0 Å². The van der Waals surface area contributed by atoms with Crippen LogP contribution in [0.25, 0.3) is 16.8 Å². The van der Waals surface area contributed by atoms with Gasteiger partial charge in [-0.1, -0.05) is 29.8 Å². The Balaban J connectivity index is 1.61. The average Bonchev–Trinajstić information content (AvgIpc) is 3.12. The zero-order chi connectivity index (χ0) is 21.4. The van der Waals surface area contributed by atoms with Crippen LogP contribution in [0.1, 0.15) is 22.3 Å². The lowest BCUT2D eigenvalue weighted by Crippen LogP contribution is -2.30. The normalized spacial score (nSPS) is 11.1. The van der Waals surface area contributed by atoms with E-state index < -0.39 is 0 Å². The van der Waals surface area contributed by atoms with E-state index in [1.54, 1.807) is 6.07 Å². The number of amides is 1. The zero-order valence-corrected chi connectivity index (χ0v) is 17.4. The molecule has 1 N–H and O–H groups in total. The van der Waals surface area contributed by atoms with Crippen molar-refractivity contribution in [1.29, 1.82) is 0 Å². The molecule has 152 valence electrons. The molecule has 4 rings (SSSR count). The number of hydrogen-bond donors (Lipinski definition) is 1. The van der Waals surface area contributed by atoms with Gasteiger partial charge in [0.2, 0.25) is 5.91 Å². The molecule has 0 spiro atoms. The van der Waals surface area contributed by atoms with Gasteiger partial charge in [-0.15, -0.1) is 0 Å². The summed E-state index contributed by atoms with van der Waals surface area (Å²) in [5, 5.41) is 11.4. The van der Waals surface area contributed by atoms with Crippen LogP contribution < -0.4 is 10.9 Å². The number of fused-ring (bicyclic) bond motifs is 1. The number of rotatable bonds is 4. The summed E-state index contributed by atoms with van der Waals surface area (Å²) in [4.78, 5) is 25.3. The van der Waals surface area contributed by atoms with Crippen LogP contribution in [0.3, 0.4) is 0 Å². The van der Waals surface area contributed by atoms with Gasteiger partial charge in [-0.25, -0.2) is 9.20 Å². The largest absolute Gasteiger partial charge is 0.324 e. The van der Waals surface area contributed by atoms with E-state index in [0.717, 1.165) is 26.9 Å². The monoisotopic (exact) mass is 401 g/mol. The Kier molecular flexibility index (Phi) is 4.95. The highest BCUT2D eigenvalue weighted by Gasteiger charge is 2.13. The second-order valence-electron chi connectivity index (χ2n) is 7.62. The van der Waals surface area contributed by atoms with E-state index in [9.17, 15) is 9.59 Å². The first-order chi connectivity index (χ1) is 14.3. The predicted octanol–water partition coefficient (Wildman–Crippen LogP) is 3.43. The molecule has 1 amide bonds. The maximum Gasteiger partial charge on any atom is 0.293 e. The second-order valence-corrected chi connectivity index (χ2v) is 7.62. The minimum atomic E-state index is -0.365. The Morgan fingerprint density at radius 3 is 2.50 bits per heavy atom. The fraction of sp³-hybridized carbons (Fsp3) is 0.217. The first kappa shape index (κ1) is 19.6. The molecule has 4 aromatic rings. The molecule has 0 bridgehead atoms. The van der Waals surface area contributed by atoms with Crippen molar-refractivity contribution in [1.82, 2.24) is 19.4 Å². The Bertz CT molecular complexity index is 1330. The van der Waals surface area contributed by atoms with Gasteiger partial charge in [0.1, 0.15) is 18.4 Å². The third-order valence-electron chi connectivity index (χ3n) is 5.23. The molecule has 0 aliphatic heterocycles. The van der Waals surface area contributed by atoms with Crippen LogP contribution in [0.15, 0.2) is 53.6 Å². The smallest absolute Gasteiger partial charge is 0.293 e. The molecule has 7 nitrogen and oxygen atoms in total. The van der Waals surface area contributed by atoms with E-state index in [2.05, 4.69) is 21.6 Å². The second kappa shape index (κ2) is 7.59. The van der Waals surface area contributed by atoms with Crippen molar-refractivity contribution in [3.05, 3.63) is 81.4 Å². The minimum Gasteiger partial charge on any atom is -0.324 e. The highest BCUT2D eigenvalue weighted by molar-refractivity contribution is 5.90. The van der Waals surface area contributed by atoms with Crippen molar-refractivity contribution in [2.75, 3.05) is 5.32 Å². The standard InChI is InChI=1S/C23H23N5O2/c1-14-5-8-19(17(4)9-14)20-11-21-23(30)27(24-13-28(21)26-20)12-22(29)25-18-7-6-15(2)16(3)10-18/h5-11,13H,12H2,1-4H3,(H,25,29). The molecule has 2 aromatic heterocycles. The molecule has 7 heteroatoms. The van der Waals surface area contributed by atoms with E-state index in [1.165, 1.54) is 16.4 Å². The van der Waals surface area contributed by atoms with Gasteiger partial charge in [-0.3, -0.25) is 9.59 Å². The average molecular weight is 401 g/mol. The Hall–Kier alpha value is -3.74. The van der Waals surface area contributed by atoms with Crippen LogP contribution in [-0.2, 0) is 11.3 Å². The molecule has 0 radical (unpaired) electrons. The molecular formula is C23H23N5O2. The fourth-order valence-electron chi connectivity index (χ4n) is 3.44. The van der Waals surface area contributed by atoms with Gasteiger partial charge >= 0.3 is 0 Å². The quantitative estimate of drug-likeness (QED) is 0.568. The van der Waals surface area contributed by atoms with Gasteiger partial charge in [0.05, 0.1) is 5.69 Å². The maximum absolute atomic E-state index is 12.9. The van der Waals surface area contributed by atoms with Gasteiger partial charge in [-0.2, -0.15) is 10.2 Å². The third-order valence-corrected chi connectivity index (χ3v) is 5.23. The molecule has 30 heavy (non-hydrogen) atoms. The van der Waals surface area contributed by atoms with Gasteiger partial charge in [0.15, 0.2) is 0 Å². The molecule has 0 unspecified atom stereocenters. The predicted molar refractivity (Wildman–Crippen MR) is 117 cm³/mol. The Labute approximate surface area is 174 Å².